The van der Waals surface area contributed by atoms with Crippen LogP contribution in [-0.2, 0) is 14.9 Å². The number of methoxy groups -OCH3 is 1. The summed E-state index contributed by atoms with van der Waals surface area (Å²) in [6.45, 7) is 8.24. The van der Waals surface area contributed by atoms with E-state index in [0.717, 1.165) is 5.56 Å². The number of benzene rings is 2. The van der Waals surface area contributed by atoms with Crippen molar-refractivity contribution in [2.24, 2.45) is 4.99 Å². The van der Waals surface area contributed by atoms with Gasteiger partial charge in [0.15, 0.2) is 4.80 Å². The molecule has 33 heavy (non-hydrogen) atoms. The van der Waals surface area contributed by atoms with Crippen molar-refractivity contribution in [3.05, 3.63) is 101 Å². The zero-order valence-corrected chi connectivity index (χ0v) is 20.8. The molecule has 7 heteroatoms. The molecule has 0 N–H and O–H groups in total. The summed E-state index contributed by atoms with van der Waals surface area (Å²) in [5, 5.41) is 0.464. The Balaban J connectivity index is 1.92. The number of thiazole rings is 1. The first kappa shape index (κ1) is 23.2. The van der Waals surface area contributed by atoms with Gasteiger partial charge < -0.3 is 4.74 Å². The van der Waals surface area contributed by atoms with Crippen LogP contribution in [0.4, 0.5) is 0 Å². The number of carbonyl (C=O) groups excluding carboxylic acids is 1. The molecule has 0 spiro atoms. The standard InChI is InChI=1S/C26H25ClN2O3S/c1-15-21(24(31)32-5)22(18-8-6-7-9-19(18)27)29-23(30)20(33-25(29)28-15)14-16-10-12-17(13-11-16)26(2,3)4/h6-14,22H,1-5H3/b20-14+/t22-/m1/s1. The van der Waals surface area contributed by atoms with Gasteiger partial charge in [-0.2, -0.15) is 0 Å². The number of fused-ring (bicyclic) bond motifs is 1. The zero-order chi connectivity index (χ0) is 23.9. The highest BCUT2D eigenvalue weighted by molar-refractivity contribution is 7.07. The van der Waals surface area contributed by atoms with E-state index in [9.17, 15) is 9.59 Å². The summed E-state index contributed by atoms with van der Waals surface area (Å²) >= 11 is 7.80. The molecular weight excluding hydrogens is 456 g/mol. The van der Waals surface area contributed by atoms with Crippen molar-refractivity contribution in [2.45, 2.75) is 39.2 Å². The summed E-state index contributed by atoms with van der Waals surface area (Å²) in [5.74, 6) is -0.534. The molecule has 5 nitrogen and oxygen atoms in total. The smallest absolute Gasteiger partial charge is 0.338 e. The van der Waals surface area contributed by atoms with Crippen LogP contribution in [0, 0.1) is 0 Å². The lowest BCUT2D eigenvalue weighted by atomic mass is 9.87. The number of hydrogen-bond donors (Lipinski definition) is 0. The third-order valence-electron chi connectivity index (χ3n) is 5.70. The quantitative estimate of drug-likeness (QED) is 0.523. The Morgan fingerprint density at radius 3 is 2.42 bits per heavy atom. The minimum atomic E-state index is -0.715. The van der Waals surface area contributed by atoms with E-state index in [4.69, 9.17) is 16.3 Å². The highest BCUT2D eigenvalue weighted by atomic mass is 35.5. The summed E-state index contributed by atoms with van der Waals surface area (Å²) in [4.78, 5) is 31.4. The average molecular weight is 481 g/mol. The summed E-state index contributed by atoms with van der Waals surface area (Å²) < 4.78 is 7.11. The van der Waals surface area contributed by atoms with Crippen LogP contribution in [0.5, 0.6) is 0 Å². The minimum absolute atomic E-state index is 0.0502. The van der Waals surface area contributed by atoms with Crippen LogP contribution in [0.1, 0.15) is 50.4 Å². The lowest BCUT2D eigenvalue weighted by Gasteiger charge is -2.25. The molecular formula is C26H25ClN2O3S. The molecule has 0 unspecified atom stereocenters. The molecule has 1 aliphatic heterocycles. The topological polar surface area (TPSA) is 60.7 Å². The van der Waals surface area contributed by atoms with Crippen LogP contribution < -0.4 is 14.9 Å². The predicted molar refractivity (Wildman–Crippen MR) is 132 cm³/mol. The number of nitrogens with zero attached hydrogens (tertiary/aromatic N) is 2. The number of rotatable bonds is 3. The lowest BCUT2D eigenvalue weighted by molar-refractivity contribution is -0.136. The van der Waals surface area contributed by atoms with Crippen LogP contribution in [0.2, 0.25) is 5.02 Å². The van der Waals surface area contributed by atoms with Crippen LogP contribution in [0.25, 0.3) is 6.08 Å². The molecule has 4 rings (SSSR count). The van der Waals surface area contributed by atoms with Crippen molar-refractivity contribution in [3.63, 3.8) is 0 Å². The number of allylic oxidation sites excluding steroid dienone is 1. The zero-order valence-electron chi connectivity index (χ0n) is 19.2. The molecule has 0 bridgehead atoms. The van der Waals surface area contributed by atoms with Gasteiger partial charge in [-0.1, -0.05) is 86.2 Å². The normalized spacial score (nSPS) is 16.4. The molecule has 2 heterocycles. The monoisotopic (exact) mass is 480 g/mol. The first-order valence-electron chi connectivity index (χ1n) is 10.6. The SMILES string of the molecule is COC(=O)C1=C(C)N=c2s/c(=C/c3ccc(C(C)(C)C)cc3)c(=O)n2[C@@H]1c1ccccc1Cl. The Morgan fingerprint density at radius 1 is 1.15 bits per heavy atom. The number of esters is 1. The van der Waals surface area contributed by atoms with Crippen LogP contribution in [0.15, 0.2) is 69.6 Å². The van der Waals surface area contributed by atoms with Gasteiger partial charge in [0.2, 0.25) is 0 Å². The lowest BCUT2D eigenvalue weighted by Crippen LogP contribution is -2.39. The highest BCUT2D eigenvalue weighted by Crippen LogP contribution is 2.34. The van der Waals surface area contributed by atoms with Gasteiger partial charge in [-0.05, 0) is 41.2 Å². The number of carbonyl (C=O) groups is 1. The van der Waals surface area contributed by atoms with Gasteiger partial charge in [-0.3, -0.25) is 9.36 Å². The Kier molecular flexibility index (Phi) is 6.16. The number of halogens is 1. The van der Waals surface area contributed by atoms with Crippen molar-refractivity contribution in [1.29, 1.82) is 0 Å². The second-order valence-electron chi connectivity index (χ2n) is 8.97. The number of aromatic nitrogens is 1. The highest BCUT2D eigenvalue weighted by Gasteiger charge is 2.34. The molecule has 0 saturated carbocycles. The van der Waals surface area contributed by atoms with Gasteiger partial charge >= 0.3 is 5.97 Å². The maximum atomic E-state index is 13.6. The van der Waals surface area contributed by atoms with Crippen LogP contribution in [-0.4, -0.2) is 17.6 Å². The first-order valence-corrected chi connectivity index (χ1v) is 11.8. The molecule has 1 aromatic heterocycles. The van der Waals surface area contributed by atoms with E-state index < -0.39 is 12.0 Å². The van der Waals surface area contributed by atoms with E-state index in [1.54, 1.807) is 17.6 Å². The average Bonchev–Trinajstić information content (AvgIpc) is 3.07. The summed E-state index contributed by atoms with van der Waals surface area (Å²) in [7, 11) is 1.32. The van der Waals surface area contributed by atoms with Gasteiger partial charge in [-0.15, -0.1) is 0 Å². The second kappa shape index (κ2) is 8.76. The Labute approximate surface area is 201 Å². The van der Waals surface area contributed by atoms with E-state index in [-0.39, 0.29) is 11.0 Å². The third kappa shape index (κ3) is 4.33. The molecule has 3 aromatic rings. The van der Waals surface area contributed by atoms with Crippen molar-refractivity contribution in [2.75, 3.05) is 7.11 Å². The van der Waals surface area contributed by atoms with Crippen molar-refractivity contribution >= 4 is 35.0 Å². The van der Waals surface area contributed by atoms with Crippen molar-refractivity contribution in [3.8, 4) is 0 Å². The molecule has 1 aliphatic rings. The summed E-state index contributed by atoms with van der Waals surface area (Å²) in [6, 6.07) is 14.7. The van der Waals surface area contributed by atoms with E-state index in [2.05, 4.69) is 37.9 Å². The van der Waals surface area contributed by atoms with Crippen LogP contribution in [0.3, 0.4) is 0 Å². The van der Waals surface area contributed by atoms with Crippen LogP contribution >= 0.6 is 22.9 Å². The third-order valence-corrected chi connectivity index (χ3v) is 7.03. The van der Waals surface area contributed by atoms with E-state index >= 15 is 0 Å². The molecule has 0 fully saturated rings. The minimum Gasteiger partial charge on any atom is -0.466 e. The molecule has 170 valence electrons. The van der Waals surface area contributed by atoms with E-state index in [1.165, 1.54) is 24.0 Å². The molecule has 1 atom stereocenters. The second-order valence-corrected chi connectivity index (χ2v) is 10.4. The molecule has 2 aromatic carbocycles. The van der Waals surface area contributed by atoms with Gasteiger partial charge in [0, 0.05) is 5.02 Å². The molecule has 0 radical (unpaired) electrons. The largest absolute Gasteiger partial charge is 0.466 e. The molecule has 0 aliphatic carbocycles. The fraction of sp³-hybridized carbons (Fsp3) is 0.269. The maximum absolute atomic E-state index is 13.6. The predicted octanol–water partition coefficient (Wildman–Crippen LogP) is 4.36. The number of hydrogen-bond acceptors (Lipinski definition) is 5. The Morgan fingerprint density at radius 2 is 1.82 bits per heavy atom. The molecule has 0 amide bonds. The van der Waals surface area contributed by atoms with Gasteiger partial charge in [-0.25, -0.2) is 9.79 Å². The summed E-state index contributed by atoms with van der Waals surface area (Å²) in [6.07, 6.45) is 1.86. The van der Waals surface area contributed by atoms with Gasteiger partial charge in [0.1, 0.15) is 6.04 Å². The van der Waals surface area contributed by atoms with E-state index in [0.29, 0.717) is 31.2 Å². The Hall–Kier alpha value is -2.96. The Bertz CT molecular complexity index is 1440. The van der Waals surface area contributed by atoms with Gasteiger partial charge in [0.05, 0.1) is 22.9 Å². The molecule has 0 saturated heterocycles. The van der Waals surface area contributed by atoms with Gasteiger partial charge in [0.25, 0.3) is 5.56 Å². The van der Waals surface area contributed by atoms with Crippen molar-refractivity contribution < 1.29 is 9.53 Å². The fourth-order valence-corrected chi connectivity index (χ4v) is 5.20. The van der Waals surface area contributed by atoms with E-state index in [1.807, 2.05) is 36.4 Å². The van der Waals surface area contributed by atoms with Crippen molar-refractivity contribution in [1.82, 2.24) is 4.57 Å². The summed E-state index contributed by atoms with van der Waals surface area (Å²) in [5.41, 5.74) is 3.43. The maximum Gasteiger partial charge on any atom is 0.338 e. The number of ether oxygens (including phenoxy) is 1. The fourth-order valence-electron chi connectivity index (χ4n) is 3.91. The first-order chi connectivity index (χ1) is 15.6.